The summed E-state index contributed by atoms with van der Waals surface area (Å²) in [6.07, 6.45) is 0. The molecule has 0 fully saturated rings. The van der Waals surface area contributed by atoms with Crippen molar-refractivity contribution < 1.29 is 0 Å². The highest BCUT2D eigenvalue weighted by Gasteiger charge is 2.22. The molecule has 0 aliphatic heterocycles. The zero-order valence-electron chi connectivity index (χ0n) is 32.8. The van der Waals surface area contributed by atoms with E-state index in [9.17, 15) is 10.5 Å². The van der Waals surface area contributed by atoms with Crippen LogP contribution < -0.4 is 0 Å². The van der Waals surface area contributed by atoms with Crippen LogP contribution in [0.2, 0.25) is 0 Å². The quantitative estimate of drug-likeness (QED) is 0.176. The number of hydrogen-bond acceptors (Lipinski definition) is 2. The number of rotatable bonds is 5. The Balaban J connectivity index is 1.26. The Morgan fingerprint density at radius 2 is 0.862 bits per heavy atom. The molecular weight excluding hydrogens is 705 g/mol. The van der Waals surface area contributed by atoms with Gasteiger partial charge in [0.05, 0.1) is 50.6 Å². The summed E-state index contributed by atoms with van der Waals surface area (Å²) < 4.78 is 4.52. The predicted octanol–water partition coefficient (Wildman–Crippen LogP) is 13.9. The fourth-order valence-electron chi connectivity index (χ4n) is 9.13. The van der Waals surface area contributed by atoms with E-state index in [-0.39, 0.29) is 0 Å². The van der Waals surface area contributed by atoms with Crippen molar-refractivity contribution >= 4 is 43.6 Å². The van der Waals surface area contributed by atoms with Crippen LogP contribution in [0, 0.1) is 50.4 Å². The standard InChI is InChI=1S/C54H38N4/c1-33-20-34(2)23-41(22-33)38-16-18-51-47(27-38)44-12-5-7-14-49(44)57(51)53-30-46(40-11-9-10-37(26-40)31-55)54(29-43(53)32-56)58-50-15-8-6-13-45(50)48-28-39(17-19-52(48)58)42-24-35(3)21-36(4)25-42/h5-30H,1-4H3. The summed E-state index contributed by atoms with van der Waals surface area (Å²) in [7, 11) is 0. The van der Waals surface area contributed by atoms with Gasteiger partial charge >= 0.3 is 0 Å². The van der Waals surface area contributed by atoms with E-state index in [0.29, 0.717) is 11.1 Å². The number of nitriles is 2. The maximum Gasteiger partial charge on any atom is 0.101 e. The van der Waals surface area contributed by atoms with Crippen molar-refractivity contribution in [2.75, 3.05) is 0 Å². The van der Waals surface area contributed by atoms with Gasteiger partial charge in [0.2, 0.25) is 0 Å². The molecule has 0 bridgehead atoms. The molecule has 10 rings (SSSR count). The van der Waals surface area contributed by atoms with Crippen LogP contribution in [0.5, 0.6) is 0 Å². The van der Waals surface area contributed by atoms with E-state index in [2.05, 4.69) is 182 Å². The molecule has 0 aliphatic carbocycles. The molecule has 0 radical (unpaired) electrons. The molecule has 0 N–H and O–H groups in total. The topological polar surface area (TPSA) is 57.4 Å². The Kier molecular flexibility index (Phi) is 8.11. The highest BCUT2D eigenvalue weighted by molar-refractivity contribution is 6.12. The van der Waals surface area contributed by atoms with Gasteiger partial charge in [0.25, 0.3) is 0 Å². The molecule has 0 saturated heterocycles. The van der Waals surface area contributed by atoms with Gasteiger partial charge in [0.15, 0.2) is 0 Å². The van der Waals surface area contributed by atoms with E-state index < -0.39 is 0 Å². The summed E-state index contributed by atoms with van der Waals surface area (Å²) in [5.41, 5.74) is 18.3. The first kappa shape index (κ1) is 34.8. The number of benzene rings is 8. The lowest BCUT2D eigenvalue weighted by molar-refractivity contribution is 1.14. The average molecular weight is 743 g/mol. The van der Waals surface area contributed by atoms with E-state index in [1.807, 2.05) is 24.3 Å². The molecule has 2 aromatic heterocycles. The first-order valence-corrected chi connectivity index (χ1v) is 19.6. The third kappa shape index (κ3) is 5.66. The van der Waals surface area contributed by atoms with Crippen LogP contribution in [0.1, 0.15) is 33.4 Å². The third-order valence-corrected chi connectivity index (χ3v) is 11.5. The van der Waals surface area contributed by atoms with Crippen molar-refractivity contribution in [3.63, 3.8) is 0 Å². The summed E-state index contributed by atoms with van der Waals surface area (Å²) in [6.45, 7) is 8.56. The summed E-state index contributed by atoms with van der Waals surface area (Å²) in [5.74, 6) is 0. The van der Waals surface area contributed by atoms with Gasteiger partial charge in [-0.05, 0) is 116 Å². The smallest absolute Gasteiger partial charge is 0.101 e. The van der Waals surface area contributed by atoms with Crippen LogP contribution in [0.25, 0.3) is 88.4 Å². The number of hydrogen-bond donors (Lipinski definition) is 0. The van der Waals surface area contributed by atoms with Crippen LogP contribution in [-0.4, -0.2) is 9.13 Å². The third-order valence-electron chi connectivity index (χ3n) is 11.5. The van der Waals surface area contributed by atoms with Crippen LogP contribution in [0.4, 0.5) is 0 Å². The monoisotopic (exact) mass is 742 g/mol. The van der Waals surface area contributed by atoms with Gasteiger partial charge in [0, 0.05) is 27.1 Å². The Morgan fingerprint density at radius 3 is 1.38 bits per heavy atom. The van der Waals surface area contributed by atoms with Gasteiger partial charge in [-0.15, -0.1) is 0 Å². The molecule has 4 nitrogen and oxygen atoms in total. The Bertz CT molecular complexity index is 3370. The van der Waals surface area contributed by atoms with Crippen LogP contribution in [0.3, 0.4) is 0 Å². The fraction of sp³-hybridized carbons (Fsp3) is 0.0741. The van der Waals surface area contributed by atoms with E-state index in [4.69, 9.17) is 0 Å². The molecule has 0 amide bonds. The highest BCUT2D eigenvalue weighted by atomic mass is 15.0. The summed E-state index contributed by atoms with van der Waals surface area (Å²) >= 11 is 0. The minimum atomic E-state index is 0.550. The number of aromatic nitrogens is 2. The lowest BCUT2D eigenvalue weighted by Gasteiger charge is -2.19. The molecule has 0 atom stereocenters. The van der Waals surface area contributed by atoms with E-state index in [0.717, 1.165) is 77.2 Å². The average Bonchev–Trinajstić information content (AvgIpc) is 3.74. The lowest BCUT2D eigenvalue weighted by Crippen LogP contribution is -2.04. The van der Waals surface area contributed by atoms with Gasteiger partial charge in [-0.25, -0.2) is 0 Å². The summed E-state index contributed by atoms with van der Waals surface area (Å²) in [4.78, 5) is 0. The Labute approximate surface area is 337 Å². The maximum atomic E-state index is 11.1. The summed E-state index contributed by atoms with van der Waals surface area (Å²) in [6, 6.07) is 60.6. The molecule has 58 heavy (non-hydrogen) atoms. The second kappa shape index (κ2) is 13.5. The molecule has 274 valence electrons. The van der Waals surface area contributed by atoms with Crippen molar-refractivity contribution in [1.29, 1.82) is 10.5 Å². The van der Waals surface area contributed by atoms with Crippen molar-refractivity contribution in [3.8, 4) is 56.9 Å². The molecule has 8 aromatic carbocycles. The number of aryl methyl sites for hydroxylation is 4. The maximum absolute atomic E-state index is 11.1. The second-order valence-electron chi connectivity index (χ2n) is 15.6. The van der Waals surface area contributed by atoms with Crippen molar-refractivity contribution in [2.45, 2.75) is 27.7 Å². The predicted molar refractivity (Wildman–Crippen MR) is 240 cm³/mol. The Morgan fingerprint density at radius 1 is 0.362 bits per heavy atom. The van der Waals surface area contributed by atoms with Gasteiger partial charge in [-0.2, -0.15) is 10.5 Å². The number of para-hydroxylation sites is 2. The largest absolute Gasteiger partial charge is 0.309 e. The van der Waals surface area contributed by atoms with E-state index >= 15 is 0 Å². The van der Waals surface area contributed by atoms with Crippen molar-refractivity contribution in [3.05, 3.63) is 191 Å². The van der Waals surface area contributed by atoms with E-state index in [1.165, 1.54) is 33.4 Å². The highest BCUT2D eigenvalue weighted by Crippen LogP contribution is 2.42. The van der Waals surface area contributed by atoms with Crippen LogP contribution >= 0.6 is 0 Å². The fourth-order valence-corrected chi connectivity index (χ4v) is 9.13. The molecule has 10 aromatic rings. The number of fused-ring (bicyclic) bond motifs is 6. The van der Waals surface area contributed by atoms with Gasteiger partial charge < -0.3 is 9.13 Å². The number of nitrogens with zero attached hydrogens (tertiary/aromatic N) is 4. The first-order valence-electron chi connectivity index (χ1n) is 19.6. The molecular formula is C54H38N4. The second-order valence-corrected chi connectivity index (χ2v) is 15.6. The molecule has 0 unspecified atom stereocenters. The summed E-state index contributed by atoms with van der Waals surface area (Å²) in [5, 5.41) is 25.6. The molecule has 4 heteroatoms. The van der Waals surface area contributed by atoms with Gasteiger partial charge in [-0.1, -0.05) is 119 Å². The van der Waals surface area contributed by atoms with Crippen LogP contribution in [-0.2, 0) is 0 Å². The lowest BCUT2D eigenvalue weighted by atomic mass is 9.97. The van der Waals surface area contributed by atoms with Gasteiger partial charge in [0.1, 0.15) is 6.07 Å². The molecule has 2 heterocycles. The normalized spacial score (nSPS) is 11.4. The first-order chi connectivity index (χ1) is 28.3. The van der Waals surface area contributed by atoms with Gasteiger partial charge in [-0.3, -0.25) is 0 Å². The van der Waals surface area contributed by atoms with Crippen LogP contribution in [0.15, 0.2) is 158 Å². The Hall–Kier alpha value is -7.66. The molecule has 0 saturated carbocycles. The SMILES string of the molecule is Cc1cc(C)cc(-c2ccc3c(c2)c2ccccc2n3-c2cc(-c3cccc(C#N)c3)c(-n3c4ccccc4c4cc(-c5cc(C)cc(C)c5)ccc43)cc2C#N)c1. The van der Waals surface area contributed by atoms with E-state index in [1.54, 1.807) is 0 Å². The zero-order chi connectivity index (χ0) is 39.7. The van der Waals surface area contributed by atoms with Crippen molar-refractivity contribution in [2.24, 2.45) is 0 Å². The molecule has 0 spiro atoms. The minimum Gasteiger partial charge on any atom is -0.309 e. The minimum absolute atomic E-state index is 0.550. The zero-order valence-corrected chi connectivity index (χ0v) is 32.8. The van der Waals surface area contributed by atoms with Crippen molar-refractivity contribution in [1.82, 2.24) is 9.13 Å². The molecule has 0 aliphatic rings.